The maximum Gasteiger partial charge on any atom is 0.238 e. The minimum atomic E-state index is -0.0116. The van der Waals surface area contributed by atoms with Gasteiger partial charge in [0.25, 0.3) is 0 Å². The fourth-order valence-corrected chi connectivity index (χ4v) is 1.94. The zero-order valence-corrected chi connectivity index (χ0v) is 11.0. The van der Waals surface area contributed by atoms with Crippen LogP contribution < -0.4 is 10.6 Å². The van der Waals surface area contributed by atoms with Crippen LogP contribution in [0, 0.1) is 11.3 Å². The summed E-state index contributed by atoms with van der Waals surface area (Å²) >= 11 is 0. The van der Waals surface area contributed by atoms with Gasteiger partial charge >= 0.3 is 0 Å². The molecule has 2 N–H and O–H groups in total. The third-order valence-corrected chi connectivity index (χ3v) is 3.30. The van der Waals surface area contributed by atoms with Crippen LogP contribution in [0.2, 0.25) is 0 Å². The highest BCUT2D eigenvalue weighted by atomic mass is 16.2. The first-order valence-electron chi connectivity index (χ1n) is 6.36. The number of carbonyl (C=O) groups is 1. The fraction of sp³-hybridized carbons (Fsp3) is 0.429. The molecule has 0 radical (unpaired) electrons. The monoisotopic (exact) mass is 258 g/mol. The first-order valence-corrected chi connectivity index (χ1v) is 6.36. The van der Waals surface area contributed by atoms with E-state index < -0.39 is 0 Å². The van der Waals surface area contributed by atoms with Crippen molar-refractivity contribution in [2.75, 3.05) is 32.0 Å². The maximum atomic E-state index is 11.9. The second kappa shape index (κ2) is 6.32. The SMILES string of the molecule is CN(CC(=O)Nc1ccc(CC#N)cc1)C1CNC1. The Morgan fingerprint density at radius 1 is 1.47 bits per heavy atom. The lowest BCUT2D eigenvalue weighted by Crippen LogP contribution is -2.57. The minimum Gasteiger partial charge on any atom is -0.325 e. The lowest BCUT2D eigenvalue weighted by Gasteiger charge is -2.35. The molecular formula is C14H18N4O. The van der Waals surface area contributed by atoms with Crippen LogP contribution in [-0.2, 0) is 11.2 Å². The van der Waals surface area contributed by atoms with E-state index in [-0.39, 0.29) is 5.91 Å². The van der Waals surface area contributed by atoms with Crippen LogP contribution in [-0.4, -0.2) is 43.5 Å². The van der Waals surface area contributed by atoms with Crippen molar-refractivity contribution in [1.29, 1.82) is 5.26 Å². The molecule has 0 unspecified atom stereocenters. The smallest absolute Gasteiger partial charge is 0.238 e. The topological polar surface area (TPSA) is 68.2 Å². The van der Waals surface area contributed by atoms with E-state index in [4.69, 9.17) is 5.26 Å². The van der Waals surface area contributed by atoms with Crippen molar-refractivity contribution in [3.8, 4) is 6.07 Å². The number of likely N-dealkylation sites (N-methyl/N-ethyl adjacent to an activating group) is 1. The molecule has 5 nitrogen and oxygen atoms in total. The van der Waals surface area contributed by atoms with Gasteiger partial charge in [-0.25, -0.2) is 0 Å². The van der Waals surface area contributed by atoms with Crippen molar-refractivity contribution in [1.82, 2.24) is 10.2 Å². The van der Waals surface area contributed by atoms with Crippen molar-refractivity contribution in [3.63, 3.8) is 0 Å². The summed E-state index contributed by atoms with van der Waals surface area (Å²) in [5.74, 6) is -0.0116. The molecule has 0 bridgehead atoms. The molecule has 0 aliphatic carbocycles. The molecule has 1 fully saturated rings. The quantitative estimate of drug-likeness (QED) is 0.811. The molecule has 1 amide bonds. The molecule has 2 rings (SSSR count). The Hall–Kier alpha value is -1.90. The molecule has 1 aliphatic heterocycles. The van der Waals surface area contributed by atoms with Crippen molar-refractivity contribution >= 4 is 11.6 Å². The molecule has 19 heavy (non-hydrogen) atoms. The summed E-state index contributed by atoms with van der Waals surface area (Å²) < 4.78 is 0. The van der Waals surface area contributed by atoms with E-state index in [1.807, 2.05) is 31.3 Å². The number of anilines is 1. The largest absolute Gasteiger partial charge is 0.325 e. The average Bonchev–Trinajstić information content (AvgIpc) is 2.29. The van der Waals surface area contributed by atoms with E-state index in [1.165, 1.54) is 0 Å². The van der Waals surface area contributed by atoms with E-state index >= 15 is 0 Å². The van der Waals surface area contributed by atoms with E-state index in [1.54, 1.807) is 0 Å². The van der Waals surface area contributed by atoms with Crippen LogP contribution >= 0.6 is 0 Å². The predicted octanol–water partition coefficient (Wildman–Crippen LogP) is 0.595. The number of hydrogen-bond donors (Lipinski definition) is 2. The van der Waals surface area contributed by atoms with Crippen molar-refractivity contribution in [3.05, 3.63) is 29.8 Å². The zero-order chi connectivity index (χ0) is 13.7. The number of nitriles is 1. The molecule has 0 spiro atoms. The Morgan fingerprint density at radius 3 is 2.68 bits per heavy atom. The van der Waals surface area contributed by atoms with Crippen LogP contribution in [0.15, 0.2) is 24.3 Å². The molecule has 1 aromatic carbocycles. The molecule has 1 aliphatic rings. The van der Waals surface area contributed by atoms with Crippen LogP contribution in [0.4, 0.5) is 5.69 Å². The third-order valence-electron chi connectivity index (χ3n) is 3.30. The lowest BCUT2D eigenvalue weighted by atomic mass is 10.1. The molecule has 5 heteroatoms. The van der Waals surface area contributed by atoms with E-state index in [0.717, 1.165) is 24.3 Å². The van der Waals surface area contributed by atoms with Crippen LogP contribution in [0.5, 0.6) is 0 Å². The standard InChI is InChI=1S/C14H18N4O/c1-18(13-8-16-9-13)10-14(19)17-12-4-2-11(3-5-12)6-7-15/h2-5,13,16H,6,8-10H2,1H3,(H,17,19). The van der Waals surface area contributed by atoms with Gasteiger partial charge in [-0.15, -0.1) is 0 Å². The minimum absolute atomic E-state index is 0.0116. The van der Waals surface area contributed by atoms with E-state index in [0.29, 0.717) is 19.0 Å². The molecule has 0 aromatic heterocycles. The molecule has 1 aromatic rings. The van der Waals surface area contributed by atoms with Crippen LogP contribution in [0.3, 0.4) is 0 Å². The lowest BCUT2D eigenvalue weighted by molar-refractivity contribution is -0.117. The Kier molecular flexibility index (Phi) is 4.50. The maximum absolute atomic E-state index is 11.9. The highest BCUT2D eigenvalue weighted by Gasteiger charge is 2.22. The zero-order valence-electron chi connectivity index (χ0n) is 11.0. The van der Waals surface area contributed by atoms with Gasteiger partial charge in [-0.1, -0.05) is 12.1 Å². The van der Waals surface area contributed by atoms with Crippen LogP contribution in [0.25, 0.3) is 0 Å². The molecule has 100 valence electrons. The number of hydrogen-bond acceptors (Lipinski definition) is 4. The van der Waals surface area contributed by atoms with Gasteiger partial charge in [-0.2, -0.15) is 5.26 Å². The summed E-state index contributed by atoms with van der Waals surface area (Å²) in [6.07, 6.45) is 0.394. The number of rotatable bonds is 5. The van der Waals surface area contributed by atoms with Gasteiger partial charge in [0.1, 0.15) is 0 Å². The molecule has 0 saturated carbocycles. The van der Waals surface area contributed by atoms with Gasteiger partial charge in [0.2, 0.25) is 5.91 Å². The number of amides is 1. The number of carbonyl (C=O) groups excluding carboxylic acids is 1. The van der Waals surface area contributed by atoms with E-state index in [9.17, 15) is 4.79 Å². The Morgan fingerprint density at radius 2 is 2.16 bits per heavy atom. The summed E-state index contributed by atoms with van der Waals surface area (Å²) in [7, 11) is 1.96. The highest BCUT2D eigenvalue weighted by molar-refractivity contribution is 5.92. The molecular weight excluding hydrogens is 240 g/mol. The average molecular weight is 258 g/mol. The summed E-state index contributed by atoms with van der Waals surface area (Å²) in [6, 6.07) is 9.93. The van der Waals surface area contributed by atoms with E-state index in [2.05, 4.69) is 21.6 Å². The van der Waals surface area contributed by atoms with Gasteiger partial charge in [0.15, 0.2) is 0 Å². The van der Waals surface area contributed by atoms with Crippen molar-refractivity contribution in [2.45, 2.75) is 12.5 Å². The van der Waals surface area contributed by atoms with Gasteiger partial charge in [-0.3, -0.25) is 9.69 Å². The Labute approximate surface area is 113 Å². The molecule has 1 heterocycles. The second-order valence-corrected chi connectivity index (χ2v) is 4.81. The molecule has 0 atom stereocenters. The summed E-state index contributed by atoms with van der Waals surface area (Å²) in [5.41, 5.74) is 1.73. The predicted molar refractivity (Wildman–Crippen MR) is 73.7 cm³/mol. The number of nitrogens with one attached hydrogen (secondary N) is 2. The van der Waals surface area contributed by atoms with Crippen molar-refractivity contribution in [2.24, 2.45) is 0 Å². The first-order chi connectivity index (χ1) is 9.19. The Balaban J connectivity index is 1.82. The van der Waals surface area contributed by atoms with Crippen LogP contribution in [0.1, 0.15) is 5.56 Å². The second-order valence-electron chi connectivity index (χ2n) is 4.81. The fourth-order valence-electron chi connectivity index (χ4n) is 1.94. The normalized spacial score (nSPS) is 14.8. The van der Waals surface area contributed by atoms with Gasteiger partial charge < -0.3 is 10.6 Å². The van der Waals surface area contributed by atoms with Gasteiger partial charge in [-0.05, 0) is 24.7 Å². The van der Waals surface area contributed by atoms with Gasteiger partial charge in [0.05, 0.1) is 19.0 Å². The first kappa shape index (κ1) is 13.5. The van der Waals surface area contributed by atoms with Crippen molar-refractivity contribution < 1.29 is 4.79 Å². The summed E-state index contributed by atoms with van der Waals surface area (Å²) in [5, 5.41) is 14.6. The third kappa shape index (κ3) is 3.78. The number of nitrogens with zero attached hydrogens (tertiary/aromatic N) is 2. The number of benzene rings is 1. The Bertz CT molecular complexity index is 473. The van der Waals surface area contributed by atoms with Gasteiger partial charge in [0, 0.05) is 24.8 Å². The summed E-state index contributed by atoms with van der Waals surface area (Å²) in [6.45, 7) is 2.30. The highest BCUT2D eigenvalue weighted by Crippen LogP contribution is 2.10. The molecule has 1 saturated heterocycles. The summed E-state index contributed by atoms with van der Waals surface area (Å²) in [4.78, 5) is 13.9.